The molecule has 1 rings (SSSR count). The van der Waals surface area contributed by atoms with E-state index >= 15 is 0 Å². The first-order valence-electron chi connectivity index (χ1n) is 5.18. The van der Waals surface area contributed by atoms with E-state index in [1.165, 1.54) is 0 Å². The Bertz CT molecular complexity index is 377. The second-order valence-corrected chi connectivity index (χ2v) is 3.99. The lowest BCUT2D eigenvalue weighted by Gasteiger charge is -2.07. The summed E-state index contributed by atoms with van der Waals surface area (Å²) in [6.45, 7) is 4.00. The summed E-state index contributed by atoms with van der Waals surface area (Å²) in [7, 11) is 0. The molecule has 0 aliphatic rings. The number of benzene rings is 1. The van der Waals surface area contributed by atoms with Crippen LogP contribution in [-0.2, 0) is 11.2 Å². The van der Waals surface area contributed by atoms with Crippen molar-refractivity contribution in [2.45, 2.75) is 26.3 Å². The van der Waals surface area contributed by atoms with Crippen LogP contribution in [0.15, 0.2) is 18.2 Å². The average Bonchev–Trinajstić information content (AvgIpc) is 2.20. The molecule has 0 radical (unpaired) electrons. The molecule has 16 heavy (non-hydrogen) atoms. The van der Waals surface area contributed by atoms with Crippen molar-refractivity contribution < 1.29 is 13.6 Å². The number of Topliss-reactive ketones (excluding diaryl/α,β-unsaturated/α-hetero) is 1. The van der Waals surface area contributed by atoms with Crippen molar-refractivity contribution in [2.24, 2.45) is 0 Å². The summed E-state index contributed by atoms with van der Waals surface area (Å²) >= 11 is 0. The summed E-state index contributed by atoms with van der Waals surface area (Å²) in [5, 5.41) is 2.93. The number of carbonyl (C=O) groups excluding carboxylic acids is 1. The van der Waals surface area contributed by atoms with Crippen molar-refractivity contribution in [3.63, 3.8) is 0 Å². The van der Waals surface area contributed by atoms with Gasteiger partial charge in [0.25, 0.3) is 0 Å². The molecule has 1 aromatic carbocycles. The molecule has 0 aromatic heterocycles. The fourth-order valence-electron chi connectivity index (χ4n) is 1.27. The molecule has 0 atom stereocenters. The summed E-state index contributed by atoms with van der Waals surface area (Å²) in [5.74, 6) is -1.22. The maximum absolute atomic E-state index is 13.2. The zero-order valence-corrected chi connectivity index (χ0v) is 9.39. The van der Waals surface area contributed by atoms with Crippen LogP contribution in [0, 0.1) is 11.6 Å². The minimum atomic E-state index is -0.542. The van der Waals surface area contributed by atoms with E-state index in [0.29, 0.717) is 0 Å². The molecule has 0 heterocycles. The minimum Gasteiger partial charge on any atom is -0.308 e. The number of halogens is 2. The quantitative estimate of drug-likeness (QED) is 0.834. The van der Waals surface area contributed by atoms with Crippen molar-refractivity contribution in [1.29, 1.82) is 0 Å². The number of rotatable bonds is 5. The van der Waals surface area contributed by atoms with E-state index in [4.69, 9.17) is 0 Å². The third-order valence-electron chi connectivity index (χ3n) is 2.10. The molecule has 4 heteroatoms. The van der Waals surface area contributed by atoms with Crippen LogP contribution in [0.25, 0.3) is 0 Å². The highest BCUT2D eigenvalue weighted by atomic mass is 19.1. The van der Waals surface area contributed by atoms with Gasteiger partial charge in [-0.3, -0.25) is 4.79 Å². The Hall–Kier alpha value is -1.29. The third kappa shape index (κ3) is 4.06. The average molecular weight is 227 g/mol. The van der Waals surface area contributed by atoms with Gasteiger partial charge in [-0.15, -0.1) is 0 Å². The lowest BCUT2D eigenvalue weighted by molar-refractivity contribution is -0.117. The predicted molar refractivity (Wildman–Crippen MR) is 58.2 cm³/mol. The second-order valence-electron chi connectivity index (χ2n) is 3.99. The molecule has 0 amide bonds. The molecule has 0 unspecified atom stereocenters. The van der Waals surface area contributed by atoms with Gasteiger partial charge in [-0.2, -0.15) is 0 Å². The molecule has 0 fully saturated rings. The van der Waals surface area contributed by atoms with Gasteiger partial charge < -0.3 is 5.32 Å². The molecule has 2 nitrogen and oxygen atoms in total. The predicted octanol–water partition coefficient (Wildman–Crippen LogP) is 2.07. The maximum atomic E-state index is 13.2. The van der Waals surface area contributed by atoms with E-state index < -0.39 is 11.6 Å². The molecule has 0 spiro atoms. The number of hydrogen-bond donors (Lipinski definition) is 1. The lowest BCUT2D eigenvalue weighted by Crippen LogP contribution is -2.30. The smallest absolute Gasteiger partial charge is 0.151 e. The van der Waals surface area contributed by atoms with Gasteiger partial charge in [-0.05, 0) is 23.8 Å². The van der Waals surface area contributed by atoms with E-state index in [2.05, 4.69) is 5.32 Å². The molecule has 0 aliphatic heterocycles. The first-order chi connectivity index (χ1) is 7.49. The molecule has 88 valence electrons. The van der Waals surface area contributed by atoms with Crippen LogP contribution in [0.3, 0.4) is 0 Å². The number of ketones is 1. The topological polar surface area (TPSA) is 29.1 Å². The van der Waals surface area contributed by atoms with Crippen molar-refractivity contribution in [3.8, 4) is 0 Å². The summed E-state index contributed by atoms with van der Waals surface area (Å²) < 4.78 is 26.0. The third-order valence-corrected chi connectivity index (χ3v) is 2.10. The van der Waals surface area contributed by atoms with Gasteiger partial charge in [0, 0.05) is 12.5 Å². The largest absolute Gasteiger partial charge is 0.308 e. The Morgan fingerprint density at radius 1 is 1.38 bits per heavy atom. The Morgan fingerprint density at radius 3 is 2.69 bits per heavy atom. The summed E-state index contributed by atoms with van der Waals surface area (Å²) in [6, 6.07) is 3.33. The van der Waals surface area contributed by atoms with Crippen molar-refractivity contribution in [2.75, 3.05) is 6.54 Å². The lowest BCUT2D eigenvalue weighted by atomic mass is 10.1. The van der Waals surface area contributed by atoms with Gasteiger partial charge in [0.05, 0.1) is 6.54 Å². The highest BCUT2D eigenvalue weighted by Crippen LogP contribution is 2.10. The Labute approximate surface area is 93.7 Å². The van der Waals surface area contributed by atoms with Crippen LogP contribution >= 0.6 is 0 Å². The van der Waals surface area contributed by atoms with Gasteiger partial charge in [0.15, 0.2) is 5.78 Å². The van der Waals surface area contributed by atoms with Gasteiger partial charge in [0.1, 0.15) is 11.6 Å². The van der Waals surface area contributed by atoms with Crippen LogP contribution in [0.2, 0.25) is 0 Å². The van der Waals surface area contributed by atoms with Crippen molar-refractivity contribution in [3.05, 3.63) is 35.4 Å². The van der Waals surface area contributed by atoms with Gasteiger partial charge in [0.2, 0.25) is 0 Å². The van der Waals surface area contributed by atoms with Crippen LogP contribution in [0.5, 0.6) is 0 Å². The molecule has 0 saturated heterocycles. The molecule has 1 N–H and O–H groups in total. The zero-order valence-electron chi connectivity index (χ0n) is 9.39. The van der Waals surface area contributed by atoms with Crippen molar-refractivity contribution in [1.82, 2.24) is 5.32 Å². The first-order valence-corrected chi connectivity index (χ1v) is 5.18. The van der Waals surface area contributed by atoms with Gasteiger partial charge in [-0.25, -0.2) is 8.78 Å². The van der Waals surface area contributed by atoms with Gasteiger partial charge >= 0.3 is 0 Å². The normalized spacial score (nSPS) is 10.8. The second kappa shape index (κ2) is 5.70. The van der Waals surface area contributed by atoms with E-state index in [1.807, 2.05) is 13.8 Å². The molecule has 0 aliphatic carbocycles. The molecular formula is C12H15F2NO. The van der Waals surface area contributed by atoms with Crippen molar-refractivity contribution >= 4 is 5.78 Å². The fraction of sp³-hybridized carbons (Fsp3) is 0.417. The standard InChI is InChI=1S/C12H15F2NO/c1-8(2)15-7-11(16)6-9-5-10(13)3-4-12(9)14/h3-5,8,15H,6-7H2,1-2H3. The highest BCUT2D eigenvalue weighted by molar-refractivity contribution is 5.82. The molecular weight excluding hydrogens is 212 g/mol. The van der Waals surface area contributed by atoms with E-state index in [0.717, 1.165) is 18.2 Å². The Morgan fingerprint density at radius 2 is 2.06 bits per heavy atom. The summed E-state index contributed by atoms with van der Waals surface area (Å²) in [4.78, 5) is 11.4. The number of nitrogens with one attached hydrogen (secondary N) is 1. The summed E-state index contributed by atoms with van der Waals surface area (Å²) in [6.07, 6.45) is -0.0800. The van der Waals surface area contributed by atoms with E-state index in [-0.39, 0.29) is 30.4 Å². The monoisotopic (exact) mass is 227 g/mol. The Kier molecular flexibility index (Phi) is 4.55. The van der Waals surface area contributed by atoms with Crippen LogP contribution in [0.4, 0.5) is 8.78 Å². The highest BCUT2D eigenvalue weighted by Gasteiger charge is 2.09. The van der Waals surface area contributed by atoms with Crippen LogP contribution < -0.4 is 5.32 Å². The first kappa shape index (κ1) is 12.8. The molecule has 0 saturated carbocycles. The molecule has 0 bridgehead atoms. The van der Waals surface area contributed by atoms with E-state index in [1.54, 1.807) is 0 Å². The SMILES string of the molecule is CC(C)NCC(=O)Cc1cc(F)ccc1F. The van der Waals surface area contributed by atoms with Gasteiger partial charge in [-0.1, -0.05) is 13.8 Å². The zero-order chi connectivity index (χ0) is 12.1. The maximum Gasteiger partial charge on any atom is 0.151 e. The van der Waals surface area contributed by atoms with Crippen LogP contribution in [-0.4, -0.2) is 18.4 Å². The van der Waals surface area contributed by atoms with Crippen LogP contribution in [0.1, 0.15) is 19.4 Å². The number of hydrogen-bond acceptors (Lipinski definition) is 2. The Balaban J connectivity index is 2.59. The fourth-order valence-corrected chi connectivity index (χ4v) is 1.27. The van der Waals surface area contributed by atoms with E-state index in [9.17, 15) is 13.6 Å². The number of carbonyl (C=O) groups is 1. The minimum absolute atomic E-state index is 0.0800. The summed E-state index contributed by atoms with van der Waals surface area (Å²) in [5.41, 5.74) is 0.107. The molecule has 1 aromatic rings.